The quantitative estimate of drug-likeness (QED) is 0.704. The Labute approximate surface area is 98.6 Å². The van der Waals surface area contributed by atoms with Crippen molar-refractivity contribution in [1.82, 2.24) is 0 Å². The highest BCUT2D eigenvalue weighted by Crippen LogP contribution is 2.14. The third-order valence-electron chi connectivity index (χ3n) is 2.55. The Hall–Kier alpha value is -0.860. The van der Waals surface area contributed by atoms with Crippen LogP contribution in [0.3, 0.4) is 0 Å². The van der Waals surface area contributed by atoms with Crippen LogP contribution in [0.1, 0.15) is 36.5 Å². The number of unbranched alkanes of at least 4 members (excludes halogenated alkanes) is 1. The van der Waals surface area contributed by atoms with Gasteiger partial charge in [-0.25, -0.2) is 0 Å². The van der Waals surface area contributed by atoms with E-state index in [0.717, 1.165) is 6.42 Å². The van der Waals surface area contributed by atoms with E-state index in [1.807, 2.05) is 0 Å². The standard InChI is InChI=1S/C14H22O2/c1-4-5-6-12-7-13(10-15-2)9-14(8-12)11-16-3/h7-9H,4-6,10-11H2,1-3H3. The van der Waals surface area contributed by atoms with Gasteiger partial charge in [0.1, 0.15) is 0 Å². The fourth-order valence-electron chi connectivity index (χ4n) is 1.86. The zero-order valence-electron chi connectivity index (χ0n) is 10.6. The molecule has 0 unspecified atom stereocenters. The molecule has 2 nitrogen and oxygen atoms in total. The van der Waals surface area contributed by atoms with Gasteiger partial charge >= 0.3 is 0 Å². The smallest absolute Gasteiger partial charge is 0.0713 e. The number of hydrogen-bond acceptors (Lipinski definition) is 2. The van der Waals surface area contributed by atoms with Gasteiger partial charge in [-0.05, 0) is 29.5 Å². The van der Waals surface area contributed by atoms with Gasteiger partial charge in [0.05, 0.1) is 13.2 Å². The summed E-state index contributed by atoms with van der Waals surface area (Å²) in [5.74, 6) is 0. The molecule has 0 aliphatic rings. The van der Waals surface area contributed by atoms with Crippen molar-refractivity contribution < 1.29 is 9.47 Å². The molecule has 0 fully saturated rings. The number of ether oxygens (including phenoxy) is 2. The van der Waals surface area contributed by atoms with Crippen molar-refractivity contribution in [1.29, 1.82) is 0 Å². The van der Waals surface area contributed by atoms with E-state index in [2.05, 4.69) is 25.1 Å². The number of aryl methyl sites for hydroxylation is 1. The lowest BCUT2D eigenvalue weighted by atomic mass is 10.0. The fourth-order valence-corrected chi connectivity index (χ4v) is 1.86. The fraction of sp³-hybridized carbons (Fsp3) is 0.571. The minimum absolute atomic E-state index is 0.677. The highest BCUT2D eigenvalue weighted by atomic mass is 16.5. The van der Waals surface area contributed by atoms with Gasteiger partial charge in [0.15, 0.2) is 0 Å². The van der Waals surface area contributed by atoms with Gasteiger partial charge < -0.3 is 9.47 Å². The molecule has 1 rings (SSSR count). The van der Waals surface area contributed by atoms with Gasteiger partial charge in [-0.1, -0.05) is 31.5 Å². The van der Waals surface area contributed by atoms with Crippen LogP contribution in [-0.4, -0.2) is 14.2 Å². The maximum absolute atomic E-state index is 5.18. The largest absolute Gasteiger partial charge is 0.380 e. The summed E-state index contributed by atoms with van der Waals surface area (Å²) >= 11 is 0. The Morgan fingerprint density at radius 3 is 1.81 bits per heavy atom. The first-order valence-electron chi connectivity index (χ1n) is 5.89. The normalized spacial score (nSPS) is 10.7. The van der Waals surface area contributed by atoms with Crippen LogP contribution in [0.25, 0.3) is 0 Å². The second-order valence-corrected chi connectivity index (χ2v) is 4.13. The zero-order chi connectivity index (χ0) is 11.8. The SMILES string of the molecule is CCCCc1cc(COC)cc(COC)c1. The van der Waals surface area contributed by atoms with Crippen LogP contribution >= 0.6 is 0 Å². The molecule has 90 valence electrons. The van der Waals surface area contributed by atoms with Gasteiger partial charge in [-0.15, -0.1) is 0 Å². The second-order valence-electron chi connectivity index (χ2n) is 4.13. The van der Waals surface area contributed by atoms with Gasteiger partial charge in [0.2, 0.25) is 0 Å². The third kappa shape index (κ3) is 4.33. The lowest BCUT2D eigenvalue weighted by molar-refractivity contribution is 0.180. The molecule has 2 heteroatoms. The number of methoxy groups -OCH3 is 2. The van der Waals surface area contributed by atoms with Crippen molar-refractivity contribution in [3.63, 3.8) is 0 Å². The summed E-state index contributed by atoms with van der Waals surface area (Å²) in [7, 11) is 3.46. The molecule has 0 bridgehead atoms. The Morgan fingerprint density at radius 2 is 1.38 bits per heavy atom. The van der Waals surface area contributed by atoms with E-state index >= 15 is 0 Å². The van der Waals surface area contributed by atoms with Crippen molar-refractivity contribution in [2.75, 3.05) is 14.2 Å². The number of hydrogen-bond donors (Lipinski definition) is 0. The molecule has 0 heterocycles. The van der Waals surface area contributed by atoms with E-state index in [-0.39, 0.29) is 0 Å². The van der Waals surface area contributed by atoms with Crippen LogP contribution in [0.15, 0.2) is 18.2 Å². The summed E-state index contributed by atoms with van der Waals surface area (Å²) in [6, 6.07) is 6.62. The van der Waals surface area contributed by atoms with Gasteiger partial charge in [0, 0.05) is 14.2 Å². The molecular formula is C14H22O2. The molecule has 16 heavy (non-hydrogen) atoms. The molecule has 0 spiro atoms. The predicted octanol–water partition coefficient (Wildman–Crippen LogP) is 3.32. The van der Waals surface area contributed by atoms with Crippen LogP contribution in [0.4, 0.5) is 0 Å². The average Bonchev–Trinajstić information content (AvgIpc) is 2.27. The van der Waals surface area contributed by atoms with Crippen molar-refractivity contribution in [3.05, 3.63) is 34.9 Å². The Morgan fingerprint density at radius 1 is 0.875 bits per heavy atom. The minimum Gasteiger partial charge on any atom is -0.380 e. The van der Waals surface area contributed by atoms with E-state index in [1.54, 1.807) is 14.2 Å². The molecule has 0 N–H and O–H groups in total. The first kappa shape index (κ1) is 13.2. The lowest BCUT2D eigenvalue weighted by Gasteiger charge is -2.08. The van der Waals surface area contributed by atoms with Crippen LogP contribution in [0, 0.1) is 0 Å². The predicted molar refractivity (Wildman–Crippen MR) is 66.5 cm³/mol. The van der Waals surface area contributed by atoms with Crippen molar-refractivity contribution in [2.24, 2.45) is 0 Å². The van der Waals surface area contributed by atoms with Crippen molar-refractivity contribution in [3.8, 4) is 0 Å². The molecule has 1 aromatic carbocycles. The molecule has 0 aromatic heterocycles. The molecule has 0 aliphatic heterocycles. The molecular weight excluding hydrogens is 200 g/mol. The van der Waals surface area contributed by atoms with Crippen LogP contribution in [0.5, 0.6) is 0 Å². The maximum Gasteiger partial charge on any atom is 0.0713 e. The molecule has 0 amide bonds. The highest BCUT2D eigenvalue weighted by molar-refractivity contribution is 5.29. The van der Waals surface area contributed by atoms with E-state index in [1.165, 1.54) is 29.5 Å². The number of benzene rings is 1. The molecule has 0 aliphatic carbocycles. The van der Waals surface area contributed by atoms with E-state index < -0.39 is 0 Å². The van der Waals surface area contributed by atoms with E-state index in [9.17, 15) is 0 Å². The third-order valence-corrected chi connectivity index (χ3v) is 2.55. The lowest BCUT2D eigenvalue weighted by Crippen LogP contribution is -1.96. The molecule has 1 aromatic rings. The number of rotatable bonds is 7. The zero-order valence-corrected chi connectivity index (χ0v) is 10.6. The van der Waals surface area contributed by atoms with Gasteiger partial charge in [0.25, 0.3) is 0 Å². The summed E-state index contributed by atoms with van der Waals surface area (Å²) < 4.78 is 10.4. The summed E-state index contributed by atoms with van der Waals surface area (Å²) in [6.07, 6.45) is 3.61. The topological polar surface area (TPSA) is 18.5 Å². The summed E-state index contributed by atoms with van der Waals surface area (Å²) in [6.45, 7) is 3.57. The molecule has 0 saturated heterocycles. The van der Waals surface area contributed by atoms with Gasteiger partial charge in [-0.2, -0.15) is 0 Å². The summed E-state index contributed by atoms with van der Waals surface area (Å²) in [4.78, 5) is 0. The van der Waals surface area contributed by atoms with Crippen molar-refractivity contribution in [2.45, 2.75) is 39.4 Å². The summed E-state index contributed by atoms with van der Waals surface area (Å²) in [5, 5.41) is 0. The van der Waals surface area contributed by atoms with Crippen LogP contribution in [0.2, 0.25) is 0 Å². The first-order valence-corrected chi connectivity index (χ1v) is 5.89. The average molecular weight is 222 g/mol. The second kappa shape index (κ2) is 7.42. The Kier molecular flexibility index (Phi) is 6.12. The van der Waals surface area contributed by atoms with Crippen molar-refractivity contribution >= 4 is 0 Å². The maximum atomic E-state index is 5.18. The highest BCUT2D eigenvalue weighted by Gasteiger charge is 2.01. The minimum atomic E-state index is 0.677. The molecule has 0 saturated carbocycles. The summed E-state index contributed by atoms with van der Waals surface area (Å²) in [5.41, 5.74) is 3.87. The van der Waals surface area contributed by atoms with Crippen LogP contribution in [-0.2, 0) is 29.1 Å². The monoisotopic (exact) mass is 222 g/mol. The molecule has 0 radical (unpaired) electrons. The van der Waals surface area contributed by atoms with Crippen LogP contribution < -0.4 is 0 Å². The molecule has 0 atom stereocenters. The van der Waals surface area contributed by atoms with E-state index in [4.69, 9.17) is 9.47 Å². The Balaban J connectivity index is 2.80. The Bertz CT molecular complexity index is 283. The first-order chi connectivity index (χ1) is 7.80. The van der Waals surface area contributed by atoms with Gasteiger partial charge in [-0.3, -0.25) is 0 Å². The van der Waals surface area contributed by atoms with E-state index in [0.29, 0.717) is 13.2 Å².